The Morgan fingerprint density at radius 3 is 1.15 bits per heavy atom. The summed E-state index contributed by atoms with van der Waals surface area (Å²) in [5.41, 5.74) is 4.89. The molecule has 0 aliphatic carbocycles. The first-order valence-electron chi connectivity index (χ1n) is 27.9. The number of hydrogen-bond donors (Lipinski definition) is 2. The molecule has 0 fully saturated rings. The Morgan fingerprint density at radius 2 is 0.787 bits per heavy atom. The fraction of sp³-hybridized carbons (Fsp3) is 0.286. The number of nitrogens with zero attached hydrogens (tertiary/aromatic N) is 4. The molecule has 8 nitrogen and oxygen atoms in total. The lowest BCUT2D eigenvalue weighted by molar-refractivity contribution is 0.00660. The third kappa shape index (κ3) is 14.0. The van der Waals surface area contributed by atoms with Gasteiger partial charge in [0.05, 0.1) is 25.3 Å². The van der Waals surface area contributed by atoms with E-state index in [2.05, 4.69) is 179 Å². The van der Waals surface area contributed by atoms with Crippen molar-refractivity contribution in [2.24, 2.45) is 0 Å². The third-order valence-electron chi connectivity index (χ3n) is 15.1. The topological polar surface area (TPSA) is 91.2 Å². The normalized spacial score (nSPS) is 13.7. The summed E-state index contributed by atoms with van der Waals surface area (Å²) in [6, 6.07) is 66.2. The van der Waals surface area contributed by atoms with Gasteiger partial charge in [0, 0.05) is 42.7 Å². The van der Waals surface area contributed by atoms with Gasteiger partial charge >= 0.3 is 0 Å². The predicted octanol–water partition coefficient (Wildman–Crippen LogP) is 16.8. The summed E-state index contributed by atoms with van der Waals surface area (Å²) in [4.78, 5) is 14.2. The number of rotatable bonds is 20. The van der Waals surface area contributed by atoms with Crippen LogP contribution in [0.3, 0.4) is 0 Å². The van der Waals surface area contributed by atoms with Gasteiger partial charge < -0.3 is 29.5 Å². The van der Waals surface area contributed by atoms with E-state index in [9.17, 15) is 10.2 Å². The zero-order chi connectivity index (χ0) is 56.8. The summed E-state index contributed by atoms with van der Waals surface area (Å²) in [6.07, 6.45) is 4.92. The Kier molecular flexibility index (Phi) is 20.7. The summed E-state index contributed by atoms with van der Waals surface area (Å²) < 4.78 is 13.8. The summed E-state index contributed by atoms with van der Waals surface area (Å²) in [5, 5.41) is 32.6. The van der Waals surface area contributed by atoms with Gasteiger partial charge in [-0.05, 0) is 184 Å². The van der Waals surface area contributed by atoms with Crippen LogP contribution in [0, 0.1) is 0 Å². The van der Waals surface area contributed by atoms with Crippen LogP contribution in [0.4, 0.5) is 0 Å². The average Bonchev–Trinajstić information content (AvgIpc) is 3.59. The molecular weight excluding hydrogens is 1120 g/mol. The van der Waals surface area contributed by atoms with Crippen LogP contribution >= 0.6 is 31.9 Å². The number of ether oxygens (including phenoxy) is 2. The van der Waals surface area contributed by atoms with Crippen LogP contribution in [0.5, 0.6) is 11.8 Å². The van der Waals surface area contributed by atoms with E-state index in [0.717, 1.165) is 124 Å². The van der Waals surface area contributed by atoms with Crippen molar-refractivity contribution in [1.82, 2.24) is 19.8 Å². The number of unbranched alkanes of at least 4 members (excludes halogenated alkanes) is 2. The first-order valence-corrected chi connectivity index (χ1v) is 29.5. The molecule has 2 heterocycles. The molecule has 414 valence electrons. The number of hydrogen-bond acceptors (Lipinski definition) is 8. The van der Waals surface area contributed by atoms with Crippen LogP contribution in [0.1, 0.15) is 97.6 Å². The van der Waals surface area contributed by atoms with Crippen molar-refractivity contribution in [3.63, 3.8) is 0 Å². The monoisotopic (exact) mass is 1190 g/mol. The maximum absolute atomic E-state index is 13.0. The highest BCUT2D eigenvalue weighted by Gasteiger charge is 2.44. The minimum atomic E-state index is -1.20. The quantitative estimate of drug-likeness (QED) is 0.0730. The number of halogens is 2. The fourth-order valence-corrected chi connectivity index (χ4v) is 12.0. The molecule has 2 N–H and O–H groups in total. The van der Waals surface area contributed by atoms with Gasteiger partial charge in [0.2, 0.25) is 11.8 Å². The molecule has 0 saturated heterocycles. The number of aliphatic hydroxyl groups is 2. The second-order valence-corrected chi connectivity index (χ2v) is 22.9. The van der Waals surface area contributed by atoms with E-state index >= 15 is 0 Å². The highest BCUT2D eigenvalue weighted by Crippen LogP contribution is 2.50. The van der Waals surface area contributed by atoms with Crippen molar-refractivity contribution in [2.75, 3.05) is 55.5 Å². The minimum absolute atomic E-state index is 0.398. The second kappa shape index (κ2) is 27.8. The van der Waals surface area contributed by atoms with Crippen LogP contribution in [-0.2, 0) is 11.2 Å². The van der Waals surface area contributed by atoms with E-state index in [1.165, 1.54) is 0 Å². The Balaban J connectivity index is 0.000000204. The number of pyridine rings is 2. The molecule has 80 heavy (non-hydrogen) atoms. The molecule has 2 aromatic heterocycles. The van der Waals surface area contributed by atoms with Crippen molar-refractivity contribution in [3.8, 4) is 11.8 Å². The zero-order valence-electron chi connectivity index (χ0n) is 47.5. The average molecular weight is 1200 g/mol. The Hall–Kier alpha value is -6.50. The Labute approximate surface area is 490 Å². The van der Waals surface area contributed by atoms with Gasteiger partial charge in [0.1, 0.15) is 11.2 Å². The molecule has 0 radical (unpaired) electrons. The van der Waals surface area contributed by atoms with Crippen molar-refractivity contribution in [3.05, 3.63) is 236 Å². The number of benzene rings is 8. The molecule has 4 atom stereocenters. The van der Waals surface area contributed by atoms with Crippen LogP contribution < -0.4 is 9.47 Å². The summed E-state index contributed by atoms with van der Waals surface area (Å²) in [7, 11) is 11.7. The van der Waals surface area contributed by atoms with Crippen LogP contribution in [0.15, 0.2) is 203 Å². The lowest BCUT2D eigenvalue weighted by atomic mass is 9.71. The number of methoxy groups -OCH3 is 2. The van der Waals surface area contributed by atoms with Gasteiger partial charge in [0.15, 0.2) is 0 Å². The summed E-state index contributed by atoms with van der Waals surface area (Å²) >= 11 is 7.23. The lowest BCUT2D eigenvalue weighted by Crippen LogP contribution is -2.35. The zero-order valence-corrected chi connectivity index (χ0v) is 50.7. The molecule has 0 aliphatic heterocycles. The van der Waals surface area contributed by atoms with Gasteiger partial charge in [-0.25, -0.2) is 9.97 Å². The smallest absolute Gasteiger partial charge is 0.217 e. The van der Waals surface area contributed by atoms with Crippen molar-refractivity contribution < 1.29 is 19.7 Å². The van der Waals surface area contributed by atoms with Gasteiger partial charge in [-0.1, -0.05) is 179 Å². The molecule has 0 bridgehead atoms. The van der Waals surface area contributed by atoms with E-state index in [0.29, 0.717) is 24.6 Å². The van der Waals surface area contributed by atoms with E-state index in [4.69, 9.17) is 19.4 Å². The predicted molar refractivity (Wildman–Crippen MR) is 340 cm³/mol. The van der Waals surface area contributed by atoms with Crippen LogP contribution in [0.25, 0.3) is 43.4 Å². The summed E-state index contributed by atoms with van der Waals surface area (Å²) in [6.45, 7) is 5.94. The second-order valence-electron chi connectivity index (χ2n) is 21.0. The highest BCUT2D eigenvalue weighted by molar-refractivity contribution is 9.10. The SMILES string of the molecule is CC.COc1nc2ccc(Br)cc2cc1C(c1ccccc1)C(O)(CCCCN(C)C)c1ccc2ccccc2c1.COc1nc2ccc(Br)cc2cc1C(c1ccccc1)C(O)(CCCCN(C)C)c1ccc2ccccc2c1. The molecule has 10 heteroatoms. The van der Waals surface area contributed by atoms with Crippen LogP contribution in [0.2, 0.25) is 0 Å². The van der Waals surface area contributed by atoms with Gasteiger partial charge in [-0.2, -0.15) is 0 Å². The van der Waals surface area contributed by atoms with E-state index in [1.54, 1.807) is 14.2 Å². The maximum atomic E-state index is 13.0. The molecule has 0 amide bonds. The minimum Gasteiger partial charge on any atom is -0.481 e. The molecule has 4 unspecified atom stereocenters. The van der Waals surface area contributed by atoms with Crippen molar-refractivity contribution >= 4 is 75.2 Å². The molecule has 0 saturated carbocycles. The summed E-state index contributed by atoms with van der Waals surface area (Å²) in [5.74, 6) is 0.271. The number of fused-ring (bicyclic) bond motifs is 4. The van der Waals surface area contributed by atoms with Gasteiger partial charge in [-0.3, -0.25) is 0 Å². The Morgan fingerprint density at radius 1 is 0.425 bits per heavy atom. The first-order chi connectivity index (χ1) is 38.8. The Bertz CT molecular complexity index is 3380. The standard InChI is InChI=1S/2C34H35BrN2O2.C2H6/c2*1-37(2)20-10-9-19-34(38,28-16-15-24-11-7-8-14-26(24)21-28)32(25-12-5-4-6-13-25)30-23-27-22-29(35)17-18-31(27)36-33(30)39-3;1-2/h2*4-8,11-18,21-23,32,38H,9-10,19-20H2,1-3H3;1-2H3. The maximum Gasteiger partial charge on any atom is 0.217 e. The number of aromatic nitrogens is 2. The first kappa shape index (κ1) is 59.6. The van der Waals surface area contributed by atoms with E-state index < -0.39 is 23.0 Å². The molecule has 0 aliphatic rings. The molecule has 0 spiro atoms. The van der Waals surface area contributed by atoms with Crippen molar-refractivity contribution in [1.29, 1.82) is 0 Å². The molecular formula is C70H76Br2N4O4. The fourth-order valence-electron chi connectivity index (χ4n) is 11.2. The van der Waals surface area contributed by atoms with Gasteiger partial charge in [0.25, 0.3) is 0 Å². The van der Waals surface area contributed by atoms with E-state index in [1.807, 2.05) is 98.8 Å². The van der Waals surface area contributed by atoms with Crippen molar-refractivity contribution in [2.45, 2.75) is 75.4 Å². The van der Waals surface area contributed by atoms with Crippen LogP contribution in [-0.4, -0.2) is 85.5 Å². The van der Waals surface area contributed by atoms with Gasteiger partial charge in [-0.15, -0.1) is 0 Å². The highest BCUT2D eigenvalue weighted by atomic mass is 79.9. The largest absolute Gasteiger partial charge is 0.481 e. The third-order valence-corrected chi connectivity index (χ3v) is 16.1. The lowest BCUT2D eigenvalue weighted by Gasteiger charge is -2.38. The molecule has 8 aromatic carbocycles. The van der Waals surface area contributed by atoms with E-state index in [-0.39, 0.29) is 0 Å². The molecule has 10 aromatic rings. The molecule has 10 rings (SSSR count).